The third-order valence-electron chi connectivity index (χ3n) is 5.43. The van der Waals surface area contributed by atoms with E-state index in [1.165, 1.54) is 0 Å². The van der Waals surface area contributed by atoms with Crippen LogP contribution in [0.15, 0.2) is 42.5 Å². The second kappa shape index (κ2) is 6.92. The van der Waals surface area contributed by atoms with Gasteiger partial charge in [0.2, 0.25) is 6.79 Å². The van der Waals surface area contributed by atoms with Crippen LogP contribution < -0.4 is 14.8 Å². The summed E-state index contributed by atoms with van der Waals surface area (Å²) in [5.74, 6) is 0.596. The summed E-state index contributed by atoms with van der Waals surface area (Å²) in [6.07, 6.45) is 0. The van der Waals surface area contributed by atoms with E-state index in [2.05, 4.69) is 19.2 Å². The number of benzene rings is 2. The first-order valence-electron chi connectivity index (χ1n) is 9.47. The smallest absolute Gasteiger partial charge is 0.325 e. The Labute approximate surface area is 168 Å². The van der Waals surface area contributed by atoms with E-state index in [0.717, 1.165) is 10.5 Å². The minimum Gasteiger partial charge on any atom is -0.454 e. The van der Waals surface area contributed by atoms with Crippen molar-refractivity contribution in [3.63, 3.8) is 0 Å². The highest BCUT2D eigenvalue weighted by atomic mass is 16.7. The molecule has 1 atom stereocenters. The van der Waals surface area contributed by atoms with Crippen LogP contribution in [0.5, 0.6) is 11.5 Å². The number of fused-ring (bicyclic) bond motifs is 1. The second-order valence-electron chi connectivity index (χ2n) is 7.71. The fourth-order valence-electron chi connectivity index (χ4n) is 3.54. The molecule has 1 N–H and O–H groups in total. The fourth-order valence-corrected chi connectivity index (χ4v) is 3.54. The van der Waals surface area contributed by atoms with Gasteiger partial charge in [0.15, 0.2) is 17.3 Å². The van der Waals surface area contributed by atoms with Crippen molar-refractivity contribution in [2.24, 2.45) is 0 Å². The van der Waals surface area contributed by atoms with E-state index in [-0.39, 0.29) is 19.1 Å². The van der Waals surface area contributed by atoms with E-state index in [1.54, 1.807) is 25.1 Å². The lowest BCUT2D eigenvalue weighted by Gasteiger charge is -2.22. The van der Waals surface area contributed by atoms with Crippen molar-refractivity contribution in [3.05, 3.63) is 59.2 Å². The van der Waals surface area contributed by atoms with Gasteiger partial charge in [-0.2, -0.15) is 0 Å². The number of rotatable bonds is 5. The van der Waals surface area contributed by atoms with Crippen LogP contribution >= 0.6 is 0 Å². The van der Waals surface area contributed by atoms with Crippen molar-refractivity contribution in [1.29, 1.82) is 0 Å². The Kier molecular flexibility index (Phi) is 4.53. The standard InChI is InChI=1S/C22H22N2O5/c1-13(2)14-4-7-16(8-5-14)22(3)20(26)24(21(27)23-22)11-17(25)15-6-9-18-19(10-15)29-12-28-18/h4-10,13H,11-12H2,1-3H3,(H,23,27). The third kappa shape index (κ3) is 3.22. The molecule has 2 aromatic rings. The monoisotopic (exact) mass is 394 g/mol. The van der Waals surface area contributed by atoms with Crippen LogP contribution in [0, 0.1) is 0 Å². The summed E-state index contributed by atoms with van der Waals surface area (Å²) in [4.78, 5) is 39.2. The van der Waals surface area contributed by atoms with E-state index in [1.807, 2.05) is 24.3 Å². The lowest BCUT2D eigenvalue weighted by atomic mass is 9.90. The molecule has 3 amide bonds. The van der Waals surface area contributed by atoms with Gasteiger partial charge in [-0.25, -0.2) is 4.79 Å². The van der Waals surface area contributed by atoms with Gasteiger partial charge in [-0.15, -0.1) is 0 Å². The largest absolute Gasteiger partial charge is 0.454 e. The molecular weight excluding hydrogens is 372 g/mol. The van der Waals surface area contributed by atoms with E-state index in [4.69, 9.17) is 9.47 Å². The molecule has 1 saturated heterocycles. The average Bonchev–Trinajstić information content (AvgIpc) is 3.26. The van der Waals surface area contributed by atoms with Crippen LogP contribution in [0.3, 0.4) is 0 Å². The van der Waals surface area contributed by atoms with Crippen molar-refractivity contribution in [2.45, 2.75) is 32.2 Å². The molecule has 1 unspecified atom stereocenters. The van der Waals surface area contributed by atoms with Crippen LogP contribution in [0.4, 0.5) is 4.79 Å². The quantitative estimate of drug-likeness (QED) is 0.622. The van der Waals surface area contributed by atoms with Crippen LogP contribution in [0.25, 0.3) is 0 Å². The number of urea groups is 1. The van der Waals surface area contributed by atoms with Crippen LogP contribution in [0.2, 0.25) is 0 Å². The second-order valence-corrected chi connectivity index (χ2v) is 7.71. The number of ketones is 1. The molecule has 2 aliphatic heterocycles. The van der Waals surface area contributed by atoms with Gasteiger partial charge in [0, 0.05) is 5.56 Å². The molecule has 0 bridgehead atoms. The number of amides is 3. The summed E-state index contributed by atoms with van der Waals surface area (Å²) in [5, 5.41) is 2.73. The van der Waals surface area contributed by atoms with Crippen molar-refractivity contribution < 1.29 is 23.9 Å². The van der Waals surface area contributed by atoms with Crippen molar-refractivity contribution in [3.8, 4) is 11.5 Å². The lowest BCUT2D eigenvalue weighted by Crippen LogP contribution is -2.41. The van der Waals surface area contributed by atoms with Gasteiger partial charge in [0.25, 0.3) is 5.91 Å². The molecule has 2 aliphatic rings. The summed E-state index contributed by atoms with van der Waals surface area (Å²) in [5.41, 5.74) is 0.967. The summed E-state index contributed by atoms with van der Waals surface area (Å²) < 4.78 is 10.5. The van der Waals surface area contributed by atoms with Gasteiger partial charge in [-0.1, -0.05) is 38.1 Å². The number of carbonyl (C=O) groups is 3. The van der Waals surface area contributed by atoms with Gasteiger partial charge in [0.05, 0.1) is 6.54 Å². The van der Waals surface area contributed by atoms with E-state index in [0.29, 0.717) is 28.5 Å². The highest BCUT2D eigenvalue weighted by molar-refractivity contribution is 6.11. The molecule has 1 fully saturated rings. The maximum Gasteiger partial charge on any atom is 0.325 e. The summed E-state index contributed by atoms with van der Waals surface area (Å²) in [6, 6.07) is 11.8. The number of hydrogen-bond donors (Lipinski definition) is 1. The molecule has 7 nitrogen and oxygen atoms in total. The molecule has 0 spiro atoms. The Morgan fingerprint density at radius 3 is 2.48 bits per heavy atom. The molecule has 0 saturated carbocycles. The minimum atomic E-state index is -1.21. The zero-order valence-corrected chi connectivity index (χ0v) is 16.5. The molecule has 150 valence electrons. The normalized spacial score (nSPS) is 20.3. The van der Waals surface area contributed by atoms with Crippen LogP contribution in [-0.4, -0.2) is 36.0 Å². The molecular formula is C22H22N2O5. The Hall–Kier alpha value is -3.35. The Balaban J connectivity index is 1.54. The van der Waals surface area contributed by atoms with Gasteiger partial charge >= 0.3 is 6.03 Å². The summed E-state index contributed by atoms with van der Waals surface area (Å²) in [7, 11) is 0. The van der Waals surface area contributed by atoms with E-state index >= 15 is 0 Å². The highest BCUT2D eigenvalue weighted by Gasteiger charge is 2.49. The topological polar surface area (TPSA) is 84.9 Å². The molecule has 0 aliphatic carbocycles. The van der Waals surface area contributed by atoms with Gasteiger partial charge < -0.3 is 14.8 Å². The van der Waals surface area contributed by atoms with Crippen molar-refractivity contribution in [1.82, 2.24) is 10.2 Å². The number of nitrogens with one attached hydrogen (secondary N) is 1. The maximum atomic E-state index is 13.1. The van der Waals surface area contributed by atoms with Gasteiger partial charge in [-0.3, -0.25) is 14.5 Å². The minimum absolute atomic E-state index is 0.105. The summed E-state index contributed by atoms with van der Waals surface area (Å²) >= 11 is 0. The van der Waals surface area contributed by atoms with Crippen LogP contribution in [0.1, 0.15) is 48.2 Å². The molecule has 29 heavy (non-hydrogen) atoms. The zero-order chi connectivity index (χ0) is 20.8. The van der Waals surface area contributed by atoms with Crippen molar-refractivity contribution in [2.75, 3.05) is 13.3 Å². The number of imide groups is 1. The number of Topliss-reactive ketones (excluding diaryl/α,β-unsaturated/α-hetero) is 1. The molecule has 2 heterocycles. The van der Waals surface area contributed by atoms with E-state index in [9.17, 15) is 14.4 Å². The van der Waals surface area contributed by atoms with Crippen molar-refractivity contribution >= 4 is 17.7 Å². The number of carbonyl (C=O) groups excluding carboxylic acids is 3. The number of ether oxygens (including phenoxy) is 2. The van der Waals surface area contributed by atoms with E-state index < -0.39 is 17.5 Å². The fraction of sp³-hybridized carbons (Fsp3) is 0.318. The zero-order valence-electron chi connectivity index (χ0n) is 16.5. The third-order valence-corrected chi connectivity index (χ3v) is 5.43. The first-order valence-corrected chi connectivity index (χ1v) is 9.47. The molecule has 7 heteroatoms. The predicted octanol–water partition coefficient (Wildman–Crippen LogP) is 3.19. The molecule has 2 aromatic carbocycles. The first kappa shape index (κ1) is 19.0. The van der Waals surface area contributed by atoms with Gasteiger partial charge in [0.1, 0.15) is 5.54 Å². The average molecular weight is 394 g/mol. The molecule has 0 aromatic heterocycles. The molecule has 0 radical (unpaired) electrons. The maximum absolute atomic E-state index is 13.1. The number of hydrogen-bond acceptors (Lipinski definition) is 5. The molecule has 4 rings (SSSR count). The summed E-state index contributed by atoms with van der Waals surface area (Å²) in [6.45, 7) is 5.59. The Morgan fingerprint density at radius 2 is 1.79 bits per heavy atom. The predicted molar refractivity (Wildman–Crippen MR) is 105 cm³/mol. The van der Waals surface area contributed by atoms with Gasteiger partial charge in [-0.05, 0) is 42.2 Å². The lowest BCUT2D eigenvalue weighted by molar-refractivity contribution is -0.130. The first-order chi connectivity index (χ1) is 13.8. The Bertz CT molecular complexity index is 999. The SMILES string of the molecule is CC(C)c1ccc(C2(C)NC(=O)N(CC(=O)c3ccc4c(c3)OCO4)C2=O)cc1. The Morgan fingerprint density at radius 1 is 1.10 bits per heavy atom. The highest BCUT2D eigenvalue weighted by Crippen LogP contribution is 2.33. The number of nitrogens with zero attached hydrogens (tertiary/aromatic N) is 1. The van der Waals surface area contributed by atoms with Crippen LogP contribution in [-0.2, 0) is 10.3 Å².